The Kier molecular flexibility index (Phi) is 6.63. The lowest BCUT2D eigenvalue weighted by Crippen LogP contribution is -2.46. The fourth-order valence-corrected chi connectivity index (χ4v) is 5.35. The molecule has 0 aromatic heterocycles. The third-order valence-electron chi connectivity index (χ3n) is 5.59. The molecule has 9 nitrogen and oxygen atoms in total. The maximum Gasteiger partial charge on any atom is 0.269 e. The Morgan fingerprint density at radius 2 is 1.66 bits per heavy atom. The highest BCUT2D eigenvalue weighted by Gasteiger charge is 2.45. The van der Waals surface area contributed by atoms with E-state index in [0.29, 0.717) is 4.31 Å². The summed E-state index contributed by atoms with van der Waals surface area (Å²) in [6.07, 6.45) is 3.45. The van der Waals surface area contributed by atoms with Crippen LogP contribution in [0.4, 0.5) is 11.4 Å². The van der Waals surface area contributed by atoms with Crippen LogP contribution in [0.25, 0.3) is 0 Å². The molecule has 1 heterocycles. The van der Waals surface area contributed by atoms with Gasteiger partial charge in [-0.1, -0.05) is 19.9 Å². The third kappa shape index (κ3) is 4.10. The fourth-order valence-electron chi connectivity index (χ4n) is 3.95. The average molecular weight is 460 g/mol. The Labute approximate surface area is 186 Å². The number of carbonyl (C=O) groups is 2. The highest BCUT2D eigenvalue weighted by atomic mass is 32.2. The van der Waals surface area contributed by atoms with Crippen LogP contribution in [0.3, 0.4) is 0 Å². The molecule has 170 valence electrons. The number of likely N-dealkylation sites (N-methyl/N-ethyl adjacent to an activating group) is 1. The van der Waals surface area contributed by atoms with Gasteiger partial charge < -0.3 is 5.32 Å². The van der Waals surface area contributed by atoms with E-state index in [1.807, 2.05) is 13.8 Å². The summed E-state index contributed by atoms with van der Waals surface area (Å²) >= 11 is 0. The summed E-state index contributed by atoms with van der Waals surface area (Å²) < 4.78 is 26.3. The maximum atomic E-state index is 13.0. The van der Waals surface area contributed by atoms with Gasteiger partial charge in [-0.25, -0.2) is 12.7 Å². The quantitative estimate of drug-likeness (QED) is 0.426. The minimum absolute atomic E-state index is 0.0194. The smallest absolute Gasteiger partial charge is 0.269 e. The molecule has 1 atom stereocenters. The largest absolute Gasteiger partial charge is 0.325 e. The zero-order valence-corrected chi connectivity index (χ0v) is 18.9. The average Bonchev–Trinajstić information content (AvgIpc) is 2.79. The van der Waals surface area contributed by atoms with E-state index in [4.69, 9.17) is 0 Å². The van der Waals surface area contributed by atoms with Crippen LogP contribution in [-0.2, 0) is 32.5 Å². The highest BCUT2D eigenvalue weighted by Crippen LogP contribution is 2.38. The first kappa shape index (κ1) is 23.4. The van der Waals surface area contributed by atoms with Gasteiger partial charge >= 0.3 is 0 Å². The number of hydrogen-bond donors (Lipinski definition) is 1. The number of nitrogens with one attached hydrogen (secondary N) is 1. The molecule has 1 aliphatic carbocycles. The monoisotopic (exact) mass is 459 g/mol. The number of nitro benzene ring substituents is 1. The fraction of sp³-hybridized carbons (Fsp3) is 0.364. The maximum absolute atomic E-state index is 13.0. The van der Waals surface area contributed by atoms with E-state index in [0.717, 1.165) is 43.9 Å². The lowest BCUT2D eigenvalue weighted by Gasteiger charge is -2.32. The number of amides is 2. The Hall–Kier alpha value is -3.27. The van der Waals surface area contributed by atoms with Crippen LogP contribution in [0.15, 0.2) is 41.3 Å². The molecule has 1 aliphatic heterocycles. The Balaban J connectivity index is 0.00000141. The van der Waals surface area contributed by atoms with Gasteiger partial charge in [0.25, 0.3) is 21.6 Å². The topological polar surface area (TPSA) is 127 Å². The number of anilines is 1. The second kappa shape index (κ2) is 9.07. The van der Waals surface area contributed by atoms with Crippen LogP contribution >= 0.6 is 0 Å². The minimum Gasteiger partial charge on any atom is -0.325 e. The molecule has 0 saturated carbocycles. The number of non-ortho nitro benzene ring substituents is 1. The number of carbonyl (C=O) groups excluding carboxylic acids is 2. The molecule has 0 spiro atoms. The summed E-state index contributed by atoms with van der Waals surface area (Å²) in [5, 5.41) is 13.4. The molecule has 0 fully saturated rings. The molecule has 2 aromatic rings. The van der Waals surface area contributed by atoms with Crippen LogP contribution in [-0.4, -0.2) is 36.5 Å². The van der Waals surface area contributed by atoms with Crippen molar-refractivity contribution in [1.82, 2.24) is 4.31 Å². The third-order valence-corrected chi connectivity index (χ3v) is 7.40. The summed E-state index contributed by atoms with van der Waals surface area (Å²) in [4.78, 5) is 36.0. The molecular formula is C22H25N3O6S. The molecule has 2 amide bonds. The number of sulfonamides is 1. The van der Waals surface area contributed by atoms with Crippen LogP contribution in [0.5, 0.6) is 0 Å². The number of benzene rings is 2. The minimum atomic E-state index is -4.03. The predicted molar refractivity (Wildman–Crippen MR) is 119 cm³/mol. The molecular weight excluding hydrogens is 434 g/mol. The molecule has 0 radical (unpaired) electrons. The lowest BCUT2D eigenvalue weighted by molar-refractivity contribution is -0.384. The summed E-state index contributed by atoms with van der Waals surface area (Å²) in [7, 11) is -2.88. The second-order valence-corrected chi connectivity index (χ2v) is 9.34. The van der Waals surface area contributed by atoms with E-state index in [-0.39, 0.29) is 21.8 Å². The van der Waals surface area contributed by atoms with Gasteiger partial charge in [-0.3, -0.25) is 19.7 Å². The van der Waals surface area contributed by atoms with Gasteiger partial charge in [-0.2, -0.15) is 0 Å². The number of rotatable bonds is 3. The van der Waals surface area contributed by atoms with Crippen LogP contribution < -0.4 is 5.32 Å². The first-order valence-corrected chi connectivity index (χ1v) is 11.9. The Bertz CT molecular complexity index is 1170. The van der Waals surface area contributed by atoms with E-state index in [1.165, 1.54) is 24.3 Å². The molecule has 0 bridgehead atoms. The molecule has 1 N–H and O–H groups in total. The first-order valence-electron chi connectivity index (χ1n) is 10.4. The SMILES string of the molecule is CC.CN1C(=O)C(C(=O)Nc2ccc([N+](=O)[O-])cc2)c2cc3c(cc2S1(=O)=O)CCCC3. The second-order valence-electron chi connectivity index (χ2n) is 7.40. The predicted octanol–water partition coefficient (Wildman–Crippen LogP) is 3.38. The van der Waals surface area contributed by atoms with Crippen molar-refractivity contribution < 1.29 is 22.9 Å². The van der Waals surface area contributed by atoms with Crippen LogP contribution in [0, 0.1) is 10.1 Å². The van der Waals surface area contributed by atoms with Crippen molar-refractivity contribution in [1.29, 1.82) is 0 Å². The van der Waals surface area contributed by atoms with Crippen molar-refractivity contribution in [2.45, 2.75) is 50.3 Å². The van der Waals surface area contributed by atoms with Gasteiger partial charge in [-0.15, -0.1) is 0 Å². The number of nitrogens with zero attached hydrogens (tertiary/aromatic N) is 2. The number of fused-ring (bicyclic) bond motifs is 2. The van der Waals surface area contributed by atoms with Gasteiger partial charge in [0.1, 0.15) is 5.92 Å². The van der Waals surface area contributed by atoms with Crippen molar-refractivity contribution in [3.8, 4) is 0 Å². The molecule has 0 saturated heterocycles. The molecule has 32 heavy (non-hydrogen) atoms. The van der Waals surface area contributed by atoms with Crippen molar-refractivity contribution in [2.75, 3.05) is 12.4 Å². The molecule has 10 heteroatoms. The van der Waals surface area contributed by atoms with Crippen molar-refractivity contribution >= 4 is 33.2 Å². The molecule has 2 aromatic carbocycles. The van der Waals surface area contributed by atoms with Gasteiger partial charge in [0.15, 0.2) is 0 Å². The highest BCUT2D eigenvalue weighted by molar-refractivity contribution is 7.89. The summed E-state index contributed by atoms with van der Waals surface area (Å²) in [6.45, 7) is 4.00. The van der Waals surface area contributed by atoms with Crippen molar-refractivity contribution in [2.24, 2.45) is 0 Å². The standard InChI is InChI=1S/C20H19N3O6S.C2H6/c1-22-20(25)18(19(24)21-14-6-8-15(9-7-14)23(26)27)16-10-12-4-2-3-5-13(12)11-17(16)30(22,28)29;1-2/h6-11,18H,2-5H2,1H3,(H,21,24);1-2H3. The molecule has 4 rings (SSSR count). The Morgan fingerprint density at radius 1 is 1.09 bits per heavy atom. The summed E-state index contributed by atoms with van der Waals surface area (Å²) in [5.41, 5.74) is 2.21. The van der Waals surface area contributed by atoms with E-state index in [1.54, 1.807) is 12.1 Å². The zero-order chi connectivity index (χ0) is 23.6. The van der Waals surface area contributed by atoms with Gasteiger partial charge in [-0.05, 0) is 60.6 Å². The number of aryl methyl sites for hydroxylation is 2. The normalized spacial score (nSPS) is 18.5. The summed E-state index contributed by atoms with van der Waals surface area (Å²) in [6, 6.07) is 8.45. The lowest BCUT2D eigenvalue weighted by atomic mass is 9.86. The Morgan fingerprint density at radius 3 is 2.22 bits per heavy atom. The zero-order valence-electron chi connectivity index (χ0n) is 18.1. The summed E-state index contributed by atoms with van der Waals surface area (Å²) in [5.74, 6) is -2.85. The van der Waals surface area contributed by atoms with Gasteiger partial charge in [0.2, 0.25) is 5.91 Å². The number of nitro groups is 1. The van der Waals surface area contributed by atoms with E-state index in [9.17, 15) is 28.1 Å². The van der Waals surface area contributed by atoms with Crippen LogP contribution in [0.2, 0.25) is 0 Å². The van der Waals surface area contributed by atoms with Gasteiger partial charge in [0.05, 0.1) is 9.82 Å². The molecule has 1 unspecified atom stereocenters. The van der Waals surface area contributed by atoms with Gasteiger partial charge in [0, 0.05) is 24.9 Å². The van der Waals surface area contributed by atoms with E-state index < -0.39 is 32.7 Å². The van der Waals surface area contributed by atoms with E-state index >= 15 is 0 Å². The van der Waals surface area contributed by atoms with Crippen molar-refractivity contribution in [3.05, 3.63) is 63.2 Å². The number of hydrogen-bond acceptors (Lipinski definition) is 6. The van der Waals surface area contributed by atoms with E-state index in [2.05, 4.69) is 5.32 Å². The van der Waals surface area contributed by atoms with Crippen molar-refractivity contribution in [3.63, 3.8) is 0 Å². The first-order chi connectivity index (χ1) is 15.2. The molecule has 2 aliphatic rings. The van der Waals surface area contributed by atoms with Crippen LogP contribution in [0.1, 0.15) is 49.3 Å².